The van der Waals surface area contributed by atoms with Crippen molar-refractivity contribution in [3.05, 3.63) is 107 Å². The van der Waals surface area contributed by atoms with Crippen LogP contribution in [0.15, 0.2) is 84.9 Å². The van der Waals surface area contributed by atoms with Crippen LogP contribution in [0.5, 0.6) is 11.5 Å². The zero-order valence-electron chi connectivity index (χ0n) is 19.1. The van der Waals surface area contributed by atoms with Gasteiger partial charge in [-0.2, -0.15) is 0 Å². The monoisotopic (exact) mass is 458 g/mol. The van der Waals surface area contributed by atoms with Crippen LogP contribution in [0.2, 0.25) is 0 Å². The van der Waals surface area contributed by atoms with Gasteiger partial charge in [0, 0.05) is 12.2 Å². The summed E-state index contributed by atoms with van der Waals surface area (Å²) < 4.78 is 20.8. The van der Waals surface area contributed by atoms with Crippen molar-refractivity contribution in [1.29, 1.82) is 0 Å². The molecule has 0 aromatic heterocycles. The molecule has 3 aromatic rings. The largest absolute Gasteiger partial charge is 0.497 e. The lowest BCUT2D eigenvalue weighted by Crippen LogP contribution is -2.03. The molecule has 0 saturated carbocycles. The third kappa shape index (κ3) is 7.98. The van der Waals surface area contributed by atoms with Crippen molar-refractivity contribution in [3.63, 3.8) is 0 Å². The van der Waals surface area contributed by atoms with Gasteiger partial charge in [0.2, 0.25) is 0 Å². The Morgan fingerprint density at radius 3 is 1.44 bits per heavy atom. The first-order valence-corrected chi connectivity index (χ1v) is 10.6. The van der Waals surface area contributed by atoms with Crippen molar-refractivity contribution in [3.8, 4) is 11.5 Å². The van der Waals surface area contributed by atoms with Crippen molar-refractivity contribution in [2.24, 2.45) is 0 Å². The maximum absolute atomic E-state index is 12.0. The van der Waals surface area contributed by atoms with E-state index in [1.165, 1.54) is 12.2 Å². The van der Waals surface area contributed by atoms with Gasteiger partial charge in [0.05, 0.1) is 14.2 Å². The molecule has 0 heterocycles. The molecule has 0 N–H and O–H groups in total. The van der Waals surface area contributed by atoms with E-state index < -0.39 is 11.9 Å². The molecule has 0 saturated heterocycles. The molecule has 0 aliphatic carbocycles. The molecule has 0 bridgehead atoms. The molecule has 3 rings (SSSR count). The van der Waals surface area contributed by atoms with E-state index in [4.69, 9.17) is 18.9 Å². The number of carbonyl (C=O) groups is 2. The second-order valence-electron chi connectivity index (χ2n) is 7.25. The van der Waals surface area contributed by atoms with Gasteiger partial charge >= 0.3 is 11.9 Å². The molecule has 0 spiro atoms. The summed E-state index contributed by atoms with van der Waals surface area (Å²) >= 11 is 0. The van der Waals surface area contributed by atoms with Crippen LogP contribution in [-0.2, 0) is 32.3 Å². The van der Waals surface area contributed by atoms with E-state index in [0.29, 0.717) is 0 Å². The fourth-order valence-electron chi connectivity index (χ4n) is 2.97. The van der Waals surface area contributed by atoms with Crippen LogP contribution in [0.3, 0.4) is 0 Å². The number of esters is 2. The van der Waals surface area contributed by atoms with Gasteiger partial charge in [-0.1, -0.05) is 42.5 Å². The summed E-state index contributed by atoms with van der Waals surface area (Å²) in [6.07, 6.45) is 6.11. The fourth-order valence-corrected chi connectivity index (χ4v) is 2.97. The average Bonchev–Trinajstić information content (AvgIpc) is 2.89. The molecule has 34 heavy (non-hydrogen) atoms. The summed E-state index contributed by atoms with van der Waals surface area (Å²) in [5.41, 5.74) is 3.33. The van der Waals surface area contributed by atoms with Crippen molar-refractivity contribution >= 4 is 24.1 Å². The highest BCUT2D eigenvalue weighted by Gasteiger charge is 2.03. The van der Waals surface area contributed by atoms with Gasteiger partial charge in [0.25, 0.3) is 0 Å². The first kappa shape index (κ1) is 24.3. The number of ether oxygens (including phenoxy) is 4. The fraction of sp³-hybridized carbons (Fsp3) is 0.143. The Balaban J connectivity index is 1.45. The maximum atomic E-state index is 12.0. The summed E-state index contributed by atoms with van der Waals surface area (Å²) in [5.74, 6) is 0.602. The lowest BCUT2D eigenvalue weighted by molar-refractivity contribution is -0.139. The second-order valence-corrected chi connectivity index (χ2v) is 7.25. The highest BCUT2D eigenvalue weighted by atomic mass is 16.5. The Hall–Kier alpha value is -4.32. The van der Waals surface area contributed by atoms with Crippen LogP contribution >= 0.6 is 0 Å². The lowest BCUT2D eigenvalue weighted by atomic mass is 10.1. The summed E-state index contributed by atoms with van der Waals surface area (Å²) in [4.78, 5) is 24.0. The van der Waals surface area contributed by atoms with Crippen LogP contribution in [0.4, 0.5) is 0 Å². The molecule has 0 amide bonds. The van der Waals surface area contributed by atoms with Crippen LogP contribution < -0.4 is 9.47 Å². The van der Waals surface area contributed by atoms with E-state index >= 15 is 0 Å². The molecular formula is C28H26O6. The quantitative estimate of drug-likeness (QED) is 0.307. The predicted octanol–water partition coefficient (Wildman–Crippen LogP) is 5.22. The van der Waals surface area contributed by atoms with E-state index in [9.17, 15) is 9.59 Å². The Morgan fingerprint density at radius 2 is 1.06 bits per heavy atom. The molecule has 0 unspecified atom stereocenters. The molecule has 0 atom stereocenters. The zero-order chi connectivity index (χ0) is 24.2. The number of rotatable bonds is 10. The number of carbonyl (C=O) groups excluding carboxylic acids is 2. The van der Waals surface area contributed by atoms with Crippen LogP contribution in [0.1, 0.15) is 22.3 Å². The van der Waals surface area contributed by atoms with Gasteiger partial charge in [-0.15, -0.1) is 0 Å². The highest BCUT2D eigenvalue weighted by molar-refractivity contribution is 5.87. The van der Waals surface area contributed by atoms with Crippen LogP contribution in [0, 0.1) is 0 Å². The molecule has 0 aliphatic heterocycles. The Bertz CT molecular complexity index is 1060. The SMILES string of the molecule is COc1ccc(C=CC(=O)OCc2cccc(COC(=O)C=Cc3ccc(OC)cc3)c2)cc1. The van der Waals surface area contributed by atoms with E-state index in [1.807, 2.05) is 72.8 Å². The first-order chi connectivity index (χ1) is 16.6. The number of hydrogen-bond acceptors (Lipinski definition) is 6. The van der Waals surface area contributed by atoms with Gasteiger partial charge in [-0.05, 0) is 64.7 Å². The van der Waals surface area contributed by atoms with E-state index in [-0.39, 0.29) is 13.2 Å². The smallest absolute Gasteiger partial charge is 0.331 e. The van der Waals surface area contributed by atoms with Gasteiger partial charge < -0.3 is 18.9 Å². The number of hydrogen-bond donors (Lipinski definition) is 0. The second kappa shape index (κ2) is 12.6. The minimum Gasteiger partial charge on any atom is -0.497 e. The Kier molecular flexibility index (Phi) is 9.05. The molecule has 174 valence electrons. The van der Waals surface area contributed by atoms with E-state index in [2.05, 4.69) is 0 Å². The number of benzene rings is 3. The standard InChI is InChI=1S/C28H26O6/c1-31-25-12-6-21(7-13-25)10-16-27(29)33-19-23-4-3-5-24(18-23)20-34-28(30)17-11-22-8-14-26(32-2)15-9-22/h3-18H,19-20H2,1-2H3. The third-order valence-corrected chi connectivity index (χ3v) is 4.81. The van der Waals surface area contributed by atoms with Crippen molar-refractivity contribution in [2.75, 3.05) is 14.2 Å². The van der Waals surface area contributed by atoms with Gasteiger partial charge in [-0.3, -0.25) is 0 Å². The molecule has 6 heteroatoms. The van der Waals surface area contributed by atoms with Crippen LogP contribution in [-0.4, -0.2) is 26.2 Å². The maximum Gasteiger partial charge on any atom is 0.331 e. The highest BCUT2D eigenvalue weighted by Crippen LogP contribution is 2.14. The molecule has 0 fully saturated rings. The molecule has 0 radical (unpaired) electrons. The van der Waals surface area contributed by atoms with Gasteiger partial charge in [0.1, 0.15) is 24.7 Å². The zero-order valence-corrected chi connectivity index (χ0v) is 19.1. The van der Waals surface area contributed by atoms with E-state index in [1.54, 1.807) is 26.4 Å². The summed E-state index contributed by atoms with van der Waals surface area (Å²) in [6, 6.07) is 22.0. The summed E-state index contributed by atoms with van der Waals surface area (Å²) in [7, 11) is 3.20. The summed E-state index contributed by atoms with van der Waals surface area (Å²) in [6.45, 7) is 0.232. The molecule has 0 aliphatic rings. The normalized spacial score (nSPS) is 10.9. The topological polar surface area (TPSA) is 71.1 Å². The molecule has 6 nitrogen and oxygen atoms in total. The van der Waals surface area contributed by atoms with Crippen molar-refractivity contribution < 1.29 is 28.5 Å². The molecular weight excluding hydrogens is 432 g/mol. The minimum absolute atomic E-state index is 0.116. The average molecular weight is 459 g/mol. The van der Waals surface area contributed by atoms with Gasteiger partial charge in [-0.25, -0.2) is 9.59 Å². The predicted molar refractivity (Wildman–Crippen MR) is 130 cm³/mol. The van der Waals surface area contributed by atoms with Crippen molar-refractivity contribution in [2.45, 2.75) is 13.2 Å². The van der Waals surface area contributed by atoms with Crippen LogP contribution in [0.25, 0.3) is 12.2 Å². The Morgan fingerprint density at radius 1 is 0.647 bits per heavy atom. The first-order valence-electron chi connectivity index (χ1n) is 10.6. The van der Waals surface area contributed by atoms with E-state index in [0.717, 1.165) is 33.8 Å². The lowest BCUT2D eigenvalue weighted by Gasteiger charge is -2.06. The Labute approximate surface area is 199 Å². The minimum atomic E-state index is -0.448. The summed E-state index contributed by atoms with van der Waals surface area (Å²) in [5, 5.41) is 0. The van der Waals surface area contributed by atoms with Gasteiger partial charge in [0.15, 0.2) is 0 Å². The third-order valence-electron chi connectivity index (χ3n) is 4.81. The van der Waals surface area contributed by atoms with Crippen molar-refractivity contribution in [1.82, 2.24) is 0 Å². The molecule has 3 aromatic carbocycles. The number of methoxy groups -OCH3 is 2.